The molecule has 3 fully saturated rings. The summed E-state index contributed by atoms with van der Waals surface area (Å²) in [5.41, 5.74) is 6.65. The SMILES string of the molecule is NCC(C1CC1)N1CC2(CCCCCC2)C1. The molecule has 0 bridgehead atoms. The highest BCUT2D eigenvalue weighted by molar-refractivity contribution is 5.01. The van der Waals surface area contributed by atoms with Crippen LogP contribution < -0.4 is 5.73 Å². The van der Waals surface area contributed by atoms with Crippen LogP contribution in [0.3, 0.4) is 0 Å². The third-order valence-electron chi connectivity index (χ3n) is 5.12. The van der Waals surface area contributed by atoms with Crippen molar-refractivity contribution < 1.29 is 0 Å². The van der Waals surface area contributed by atoms with Gasteiger partial charge >= 0.3 is 0 Å². The van der Waals surface area contributed by atoms with Crippen molar-refractivity contribution in [1.82, 2.24) is 4.90 Å². The maximum absolute atomic E-state index is 5.93. The van der Waals surface area contributed by atoms with Gasteiger partial charge in [-0.15, -0.1) is 0 Å². The Kier molecular flexibility index (Phi) is 2.97. The van der Waals surface area contributed by atoms with Gasteiger partial charge in [0.25, 0.3) is 0 Å². The average Bonchev–Trinajstić information content (AvgIpc) is 3.02. The molecule has 0 aromatic heterocycles. The molecule has 3 rings (SSSR count). The monoisotopic (exact) mass is 222 g/mol. The van der Waals surface area contributed by atoms with Gasteiger partial charge in [-0.1, -0.05) is 25.7 Å². The van der Waals surface area contributed by atoms with E-state index in [1.54, 1.807) is 0 Å². The van der Waals surface area contributed by atoms with Crippen molar-refractivity contribution in [1.29, 1.82) is 0 Å². The molecule has 1 heterocycles. The largest absolute Gasteiger partial charge is 0.329 e. The van der Waals surface area contributed by atoms with Gasteiger partial charge in [0.2, 0.25) is 0 Å². The maximum atomic E-state index is 5.93. The summed E-state index contributed by atoms with van der Waals surface area (Å²) in [5.74, 6) is 0.952. The van der Waals surface area contributed by atoms with E-state index in [0.29, 0.717) is 0 Å². The third-order valence-corrected chi connectivity index (χ3v) is 5.12. The van der Waals surface area contributed by atoms with Gasteiger partial charge in [-0.2, -0.15) is 0 Å². The highest BCUT2D eigenvalue weighted by Gasteiger charge is 2.47. The first-order valence-corrected chi connectivity index (χ1v) is 7.27. The van der Waals surface area contributed by atoms with E-state index in [-0.39, 0.29) is 0 Å². The van der Waals surface area contributed by atoms with Gasteiger partial charge in [0.15, 0.2) is 0 Å². The molecule has 92 valence electrons. The molecular formula is C14H26N2. The zero-order valence-corrected chi connectivity index (χ0v) is 10.5. The van der Waals surface area contributed by atoms with Crippen LogP contribution >= 0.6 is 0 Å². The molecule has 1 saturated heterocycles. The van der Waals surface area contributed by atoms with Gasteiger partial charge in [0.05, 0.1) is 0 Å². The molecule has 1 spiro atoms. The fourth-order valence-electron chi connectivity index (χ4n) is 3.97. The third kappa shape index (κ3) is 2.02. The molecule has 0 aromatic carbocycles. The zero-order chi connectivity index (χ0) is 11.0. The van der Waals surface area contributed by atoms with Gasteiger partial charge in [-0.05, 0) is 37.0 Å². The van der Waals surface area contributed by atoms with Crippen LogP contribution in [0.15, 0.2) is 0 Å². The molecule has 3 aliphatic rings. The summed E-state index contributed by atoms with van der Waals surface area (Å²) in [6, 6.07) is 0.730. The Hall–Kier alpha value is -0.0800. The summed E-state index contributed by atoms with van der Waals surface area (Å²) in [5, 5.41) is 0. The van der Waals surface area contributed by atoms with Crippen LogP contribution in [0.5, 0.6) is 0 Å². The first-order valence-electron chi connectivity index (χ1n) is 7.27. The van der Waals surface area contributed by atoms with E-state index in [1.807, 2.05) is 0 Å². The molecule has 2 nitrogen and oxygen atoms in total. The minimum absolute atomic E-state index is 0.721. The topological polar surface area (TPSA) is 29.3 Å². The summed E-state index contributed by atoms with van der Waals surface area (Å²) in [6.07, 6.45) is 11.8. The standard InChI is InChI=1S/C14H26N2/c15-9-13(12-5-6-12)16-10-14(11-16)7-3-1-2-4-8-14/h12-13H,1-11,15H2. The highest BCUT2D eigenvalue weighted by Crippen LogP contribution is 2.46. The molecule has 16 heavy (non-hydrogen) atoms. The molecule has 2 aliphatic carbocycles. The van der Waals surface area contributed by atoms with Crippen molar-refractivity contribution >= 4 is 0 Å². The molecule has 2 N–H and O–H groups in total. The Morgan fingerprint density at radius 1 is 1.06 bits per heavy atom. The molecule has 0 radical (unpaired) electrons. The van der Waals surface area contributed by atoms with Crippen LogP contribution in [0.4, 0.5) is 0 Å². The van der Waals surface area contributed by atoms with Crippen LogP contribution in [0, 0.1) is 11.3 Å². The number of hydrogen-bond acceptors (Lipinski definition) is 2. The van der Waals surface area contributed by atoms with Crippen molar-refractivity contribution in [2.75, 3.05) is 19.6 Å². The quantitative estimate of drug-likeness (QED) is 0.794. The van der Waals surface area contributed by atoms with Crippen LogP contribution in [0.1, 0.15) is 51.4 Å². The van der Waals surface area contributed by atoms with E-state index < -0.39 is 0 Å². The zero-order valence-electron chi connectivity index (χ0n) is 10.5. The van der Waals surface area contributed by atoms with E-state index in [1.165, 1.54) is 64.5 Å². The fraction of sp³-hybridized carbons (Fsp3) is 1.00. The predicted molar refractivity (Wildman–Crippen MR) is 67.3 cm³/mol. The molecule has 1 aliphatic heterocycles. The Labute approximate surface area is 99.6 Å². The van der Waals surface area contributed by atoms with Crippen LogP contribution in [0.2, 0.25) is 0 Å². The maximum Gasteiger partial charge on any atom is 0.0247 e. The van der Waals surface area contributed by atoms with E-state index in [9.17, 15) is 0 Å². The Balaban J connectivity index is 1.55. The molecule has 2 heteroatoms. The Bertz CT molecular complexity index is 231. The molecule has 1 unspecified atom stereocenters. The molecule has 2 saturated carbocycles. The Morgan fingerprint density at radius 2 is 1.69 bits per heavy atom. The number of rotatable bonds is 3. The second-order valence-corrected chi connectivity index (χ2v) is 6.46. The highest BCUT2D eigenvalue weighted by atomic mass is 15.2. The number of nitrogens with zero attached hydrogens (tertiary/aromatic N) is 1. The predicted octanol–water partition coefficient (Wildman–Crippen LogP) is 2.38. The lowest BCUT2D eigenvalue weighted by Crippen LogP contribution is -2.61. The van der Waals surface area contributed by atoms with Crippen molar-refractivity contribution in [3.63, 3.8) is 0 Å². The van der Waals surface area contributed by atoms with E-state index in [2.05, 4.69) is 4.90 Å². The minimum Gasteiger partial charge on any atom is -0.329 e. The van der Waals surface area contributed by atoms with Crippen molar-refractivity contribution in [2.24, 2.45) is 17.1 Å². The minimum atomic E-state index is 0.721. The summed E-state index contributed by atoms with van der Waals surface area (Å²) in [4.78, 5) is 2.70. The van der Waals surface area contributed by atoms with E-state index in [4.69, 9.17) is 5.73 Å². The van der Waals surface area contributed by atoms with Crippen LogP contribution in [-0.2, 0) is 0 Å². The van der Waals surface area contributed by atoms with E-state index >= 15 is 0 Å². The molecule has 1 atom stereocenters. The lowest BCUT2D eigenvalue weighted by Gasteiger charge is -2.53. The van der Waals surface area contributed by atoms with Crippen molar-refractivity contribution in [3.05, 3.63) is 0 Å². The first-order chi connectivity index (χ1) is 7.83. The smallest absolute Gasteiger partial charge is 0.0247 e. The summed E-state index contributed by atoms with van der Waals surface area (Å²) in [7, 11) is 0. The van der Waals surface area contributed by atoms with Crippen molar-refractivity contribution in [3.8, 4) is 0 Å². The number of likely N-dealkylation sites (tertiary alicyclic amines) is 1. The molecular weight excluding hydrogens is 196 g/mol. The fourth-order valence-corrected chi connectivity index (χ4v) is 3.97. The summed E-state index contributed by atoms with van der Waals surface area (Å²) < 4.78 is 0. The van der Waals surface area contributed by atoms with Gasteiger partial charge in [-0.3, -0.25) is 4.90 Å². The van der Waals surface area contributed by atoms with Gasteiger partial charge in [0, 0.05) is 25.7 Å². The normalized spacial score (nSPS) is 32.1. The lowest BCUT2D eigenvalue weighted by atomic mass is 9.72. The number of nitrogens with two attached hydrogens (primary N) is 1. The van der Waals surface area contributed by atoms with Gasteiger partial charge in [-0.25, -0.2) is 0 Å². The van der Waals surface area contributed by atoms with Gasteiger partial charge < -0.3 is 5.73 Å². The lowest BCUT2D eigenvalue weighted by molar-refractivity contribution is -0.0449. The number of hydrogen-bond donors (Lipinski definition) is 1. The molecule has 0 amide bonds. The average molecular weight is 222 g/mol. The van der Waals surface area contributed by atoms with Gasteiger partial charge in [0.1, 0.15) is 0 Å². The second-order valence-electron chi connectivity index (χ2n) is 6.46. The second kappa shape index (κ2) is 4.30. The first kappa shape index (κ1) is 11.0. The molecule has 0 aromatic rings. The van der Waals surface area contributed by atoms with Crippen LogP contribution in [0.25, 0.3) is 0 Å². The summed E-state index contributed by atoms with van der Waals surface area (Å²) in [6.45, 7) is 3.62. The summed E-state index contributed by atoms with van der Waals surface area (Å²) >= 11 is 0. The van der Waals surface area contributed by atoms with Crippen molar-refractivity contribution in [2.45, 2.75) is 57.4 Å². The Morgan fingerprint density at radius 3 is 2.19 bits per heavy atom. The van der Waals surface area contributed by atoms with Crippen LogP contribution in [-0.4, -0.2) is 30.6 Å². The van der Waals surface area contributed by atoms with E-state index in [0.717, 1.165) is 23.9 Å².